The Balaban J connectivity index is 3.31. The van der Waals surface area contributed by atoms with Gasteiger partial charge in [-0.1, -0.05) is 6.92 Å². The lowest BCUT2D eigenvalue weighted by atomic mass is 10.2. The summed E-state index contributed by atoms with van der Waals surface area (Å²) < 4.78 is 0. The number of aliphatic hydroxyl groups excluding tert-OH is 3. The molecule has 0 amide bonds. The summed E-state index contributed by atoms with van der Waals surface area (Å²) in [4.78, 5) is 0. The van der Waals surface area contributed by atoms with E-state index in [-0.39, 0.29) is 19.1 Å². The summed E-state index contributed by atoms with van der Waals surface area (Å²) in [5.74, 6) is -0.188. The van der Waals surface area contributed by atoms with Crippen molar-refractivity contribution in [3.05, 3.63) is 0 Å². The van der Waals surface area contributed by atoms with Crippen LogP contribution in [0, 0.1) is 5.92 Å². The topological polar surface area (TPSA) is 72.7 Å². The number of hydrogen-bond acceptors (Lipinski definition) is 4. The highest BCUT2D eigenvalue weighted by molar-refractivity contribution is 4.59. The van der Waals surface area contributed by atoms with Crippen molar-refractivity contribution in [1.82, 2.24) is 5.32 Å². The molecular formula is C6H15NO3. The predicted molar refractivity (Wildman–Crippen MR) is 37.3 cm³/mol. The molecule has 0 bridgehead atoms. The zero-order valence-corrected chi connectivity index (χ0v) is 6.12. The van der Waals surface area contributed by atoms with Crippen LogP contribution in [0.1, 0.15) is 6.92 Å². The summed E-state index contributed by atoms with van der Waals surface area (Å²) in [5, 5.41) is 28.6. The maximum absolute atomic E-state index is 9.07. The van der Waals surface area contributed by atoms with Crippen molar-refractivity contribution in [1.29, 1.82) is 0 Å². The third-order valence-corrected chi connectivity index (χ3v) is 1.29. The van der Waals surface area contributed by atoms with Crippen LogP contribution in [0.4, 0.5) is 0 Å². The quantitative estimate of drug-likeness (QED) is 0.360. The van der Waals surface area contributed by atoms with Gasteiger partial charge in [-0.2, -0.15) is 0 Å². The number of aliphatic hydroxyl groups is 3. The minimum absolute atomic E-state index is 0.00475. The van der Waals surface area contributed by atoms with Crippen LogP contribution in [0.5, 0.6) is 0 Å². The molecule has 4 heteroatoms. The monoisotopic (exact) mass is 149 g/mol. The Kier molecular flexibility index (Phi) is 5.52. The molecule has 0 aromatic carbocycles. The molecule has 0 aliphatic carbocycles. The summed E-state index contributed by atoms with van der Waals surface area (Å²) in [6, 6.07) is 0. The third kappa shape index (κ3) is 3.79. The molecule has 2 unspecified atom stereocenters. The number of hydrogen-bond donors (Lipinski definition) is 4. The first-order valence-corrected chi connectivity index (χ1v) is 3.35. The fourth-order valence-corrected chi connectivity index (χ4v) is 0.513. The molecule has 10 heavy (non-hydrogen) atoms. The van der Waals surface area contributed by atoms with Crippen molar-refractivity contribution < 1.29 is 15.3 Å². The highest BCUT2D eigenvalue weighted by atomic mass is 16.3. The Hall–Kier alpha value is -0.160. The van der Waals surface area contributed by atoms with Crippen LogP contribution in [0.3, 0.4) is 0 Å². The van der Waals surface area contributed by atoms with Gasteiger partial charge in [0.15, 0.2) is 0 Å². The van der Waals surface area contributed by atoms with Crippen LogP contribution in [0.25, 0.3) is 0 Å². The van der Waals surface area contributed by atoms with Gasteiger partial charge in [-0.05, 0) is 0 Å². The average Bonchev–Trinajstić information content (AvgIpc) is 1.98. The predicted octanol–water partition coefficient (Wildman–Crippen LogP) is -1.48. The van der Waals surface area contributed by atoms with Crippen LogP contribution in [-0.2, 0) is 0 Å². The second kappa shape index (κ2) is 5.61. The first-order valence-electron chi connectivity index (χ1n) is 3.35. The molecule has 0 spiro atoms. The maximum atomic E-state index is 9.07. The molecule has 0 saturated carbocycles. The van der Waals surface area contributed by atoms with Gasteiger partial charge in [0.1, 0.15) is 6.23 Å². The lowest BCUT2D eigenvalue weighted by Crippen LogP contribution is -2.37. The van der Waals surface area contributed by atoms with E-state index in [1.54, 1.807) is 6.92 Å². The van der Waals surface area contributed by atoms with E-state index in [0.29, 0.717) is 6.54 Å². The van der Waals surface area contributed by atoms with E-state index in [1.165, 1.54) is 0 Å². The molecule has 0 aliphatic heterocycles. The molecule has 0 saturated heterocycles. The minimum atomic E-state index is -0.725. The van der Waals surface area contributed by atoms with Crippen LogP contribution in [0.15, 0.2) is 0 Å². The summed E-state index contributed by atoms with van der Waals surface area (Å²) >= 11 is 0. The van der Waals surface area contributed by atoms with Crippen molar-refractivity contribution in [2.24, 2.45) is 5.92 Å². The van der Waals surface area contributed by atoms with Crippen molar-refractivity contribution in [2.45, 2.75) is 13.2 Å². The Morgan fingerprint density at radius 1 is 1.40 bits per heavy atom. The zero-order chi connectivity index (χ0) is 7.98. The zero-order valence-electron chi connectivity index (χ0n) is 6.12. The Labute approximate surface area is 60.5 Å². The Morgan fingerprint density at radius 3 is 2.40 bits per heavy atom. The highest BCUT2D eigenvalue weighted by Crippen LogP contribution is 1.96. The molecule has 0 radical (unpaired) electrons. The molecule has 0 heterocycles. The van der Waals surface area contributed by atoms with Crippen molar-refractivity contribution >= 4 is 0 Å². The molecule has 2 atom stereocenters. The van der Waals surface area contributed by atoms with E-state index >= 15 is 0 Å². The highest BCUT2D eigenvalue weighted by Gasteiger charge is 2.10. The van der Waals surface area contributed by atoms with Crippen LogP contribution >= 0.6 is 0 Å². The fourth-order valence-electron chi connectivity index (χ4n) is 0.513. The SMILES string of the molecule is CC(CO)C(O)NCCO. The molecule has 4 nitrogen and oxygen atoms in total. The lowest BCUT2D eigenvalue weighted by Gasteiger charge is -2.16. The Bertz CT molecular complexity index is 79.4. The van der Waals surface area contributed by atoms with Crippen molar-refractivity contribution in [3.63, 3.8) is 0 Å². The van der Waals surface area contributed by atoms with E-state index in [2.05, 4.69) is 5.32 Å². The second-order valence-corrected chi connectivity index (χ2v) is 2.28. The van der Waals surface area contributed by atoms with E-state index in [0.717, 1.165) is 0 Å². The first-order chi connectivity index (χ1) is 4.72. The summed E-state index contributed by atoms with van der Waals surface area (Å²) in [5.41, 5.74) is 0. The van der Waals surface area contributed by atoms with Gasteiger partial charge in [-0.3, -0.25) is 5.32 Å². The second-order valence-electron chi connectivity index (χ2n) is 2.28. The molecule has 0 aromatic heterocycles. The van der Waals surface area contributed by atoms with Gasteiger partial charge < -0.3 is 15.3 Å². The van der Waals surface area contributed by atoms with Gasteiger partial charge in [0.25, 0.3) is 0 Å². The molecule has 0 rings (SSSR count). The smallest absolute Gasteiger partial charge is 0.109 e. The normalized spacial score (nSPS) is 16.8. The molecule has 0 aromatic rings. The lowest BCUT2D eigenvalue weighted by molar-refractivity contribution is 0.0473. The minimum Gasteiger partial charge on any atom is -0.396 e. The third-order valence-electron chi connectivity index (χ3n) is 1.29. The van der Waals surface area contributed by atoms with E-state index in [4.69, 9.17) is 15.3 Å². The van der Waals surface area contributed by atoms with E-state index in [1.807, 2.05) is 0 Å². The van der Waals surface area contributed by atoms with Crippen LogP contribution in [-0.4, -0.2) is 41.3 Å². The van der Waals surface area contributed by atoms with Gasteiger partial charge in [0.2, 0.25) is 0 Å². The van der Waals surface area contributed by atoms with Gasteiger partial charge >= 0.3 is 0 Å². The van der Waals surface area contributed by atoms with Gasteiger partial charge in [-0.15, -0.1) is 0 Å². The number of rotatable bonds is 5. The summed E-state index contributed by atoms with van der Waals surface area (Å²) in [7, 11) is 0. The molecular weight excluding hydrogens is 134 g/mol. The fraction of sp³-hybridized carbons (Fsp3) is 1.00. The molecule has 0 aliphatic rings. The standard InChI is InChI=1S/C6H15NO3/c1-5(4-9)6(10)7-2-3-8/h5-10H,2-4H2,1H3. The first kappa shape index (κ1) is 9.84. The molecule has 62 valence electrons. The van der Waals surface area contributed by atoms with Crippen molar-refractivity contribution in [3.8, 4) is 0 Å². The summed E-state index contributed by atoms with van der Waals surface area (Å²) in [6.45, 7) is 2.01. The van der Waals surface area contributed by atoms with Crippen LogP contribution in [0.2, 0.25) is 0 Å². The van der Waals surface area contributed by atoms with E-state index in [9.17, 15) is 0 Å². The van der Waals surface area contributed by atoms with Crippen molar-refractivity contribution in [2.75, 3.05) is 19.8 Å². The Morgan fingerprint density at radius 2 is 2.00 bits per heavy atom. The average molecular weight is 149 g/mol. The maximum Gasteiger partial charge on any atom is 0.109 e. The molecule has 4 N–H and O–H groups in total. The van der Waals surface area contributed by atoms with Gasteiger partial charge in [-0.25, -0.2) is 0 Å². The van der Waals surface area contributed by atoms with Crippen LogP contribution < -0.4 is 5.32 Å². The van der Waals surface area contributed by atoms with Gasteiger partial charge in [0, 0.05) is 19.1 Å². The number of nitrogens with one attached hydrogen (secondary N) is 1. The summed E-state index contributed by atoms with van der Waals surface area (Å²) in [6.07, 6.45) is -0.725. The largest absolute Gasteiger partial charge is 0.396 e. The molecule has 0 fully saturated rings. The van der Waals surface area contributed by atoms with E-state index < -0.39 is 6.23 Å². The van der Waals surface area contributed by atoms with Gasteiger partial charge in [0.05, 0.1) is 6.61 Å².